The Morgan fingerprint density at radius 3 is 2.44 bits per heavy atom. The molecule has 2 aromatic carbocycles. The summed E-state index contributed by atoms with van der Waals surface area (Å²) in [5.41, 5.74) is 10.7. The van der Waals surface area contributed by atoms with E-state index in [1.807, 2.05) is 12.1 Å². The number of hydrogen-bond acceptors (Lipinski definition) is 5. The number of amides is 2. The number of carbonyl (C=O) groups is 2. The van der Waals surface area contributed by atoms with Gasteiger partial charge in [0.2, 0.25) is 0 Å². The lowest BCUT2D eigenvalue weighted by Gasteiger charge is -2.38. The summed E-state index contributed by atoms with van der Waals surface area (Å²) in [7, 11) is 0. The van der Waals surface area contributed by atoms with E-state index in [4.69, 9.17) is 5.73 Å². The fraction of sp³-hybridized carbons (Fsp3) is 0.292. The highest BCUT2D eigenvalue weighted by atomic mass is 16.2. The molecule has 1 aliphatic heterocycles. The first-order valence-corrected chi connectivity index (χ1v) is 10.8. The highest BCUT2D eigenvalue weighted by molar-refractivity contribution is 6.03. The van der Waals surface area contributed by atoms with Gasteiger partial charge in [0.05, 0.1) is 11.9 Å². The van der Waals surface area contributed by atoms with Crippen molar-refractivity contribution in [1.82, 2.24) is 15.3 Å². The van der Waals surface area contributed by atoms with Crippen LogP contribution < -0.4 is 20.9 Å². The molecule has 8 nitrogen and oxygen atoms in total. The van der Waals surface area contributed by atoms with Crippen molar-refractivity contribution in [2.45, 2.75) is 13.3 Å². The molecule has 0 saturated carbocycles. The lowest BCUT2D eigenvalue weighted by molar-refractivity contribution is 0.0954. The van der Waals surface area contributed by atoms with Crippen LogP contribution in [0.25, 0.3) is 0 Å². The van der Waals surface area contributed by atoms with Gasteiger partial charge < -0.3 is 25.8 Å². The van der Waals surface area contributed by atoms with Crippen LogP contribution in [0.4, 0.5) is 11.4 Å². The van der Waals surface area contributed by atoms with Crippen molar-refractivity contribution in [3.63, 3.8) is 0 Å². The molecular weight excluding hydrogens is 404 g/mol. The first-order valence-electron chi connectivity index (χ1n) is 10.8. The lowest BCUT2D eigenvalue weighted by atomic mass is 10.0. The molecule has 0 spiro atoms. The average molecular weight is 433 g/mol. The van der Waals surface area contributed by atoms with Crippen LogP contribution in [-0.2, 0) is 6.42 Å². The zero-order chi connectivity index (χ0) is 22.5. The van der Waals surface area contributed by atoms with Crippen LogP contribution >= 0.6 is 0 Å². The molecule has 166 valence electrons. The highest BCUT2D eigenvalue weighted by Gasteiger charge is 2.22. The number of nitrogens with one attached hydrogen (secondary N) is 2. The Kier molecular flexibility index (Phi) is 6.39. The van der Waals surface area contributed by atoms with Crippen LogP contribution in [0.15, 0.2) is 55.0 Å². The number of rotatable bonds is 7. The minimum absolute atomic E-state index is 0.233. The van der Waals surface area contributed by atoms with Crippen molar-refractivity contribution >= 4 is 23.2 Å². The summed E-state index contributed by atoms with van der Waals surface area (Å²) in [6, 6.07) is 13.5. The second-order valence-electron chi connectivity index (χ2n) is 7.94. The number of H-pyrrole nitrogens is 1. The van der Waals surface area contributed by atoms with Gasteiger partial charge in [-0.05, 0) is 36.8 Å². The third kappa shape index (κ3) is 4.74. The number of benzene rings is 2. The number of nitrogens with zero attached hydrogens (tertiary/aromatic N) is 3. The Hall–Kier alpha value is -3.81. The first-order chi connectivity index (χ1) is 15.5. The van der Waals surface area contributed by atoms with Gasteiger partial charge in [-0.1, -0.05) is 18.2 Å². The van der Waals surface area contributed by atoms with Gasteiger partial charge in [-0.3, -0.25) is 9.59 Å². The number of aryl methyl sites for hydroxylation is 1. The molecule has 1 aliphatic rings. The van der Waals surface area contributed by atoms with Crippen LogP contribution in [0.3, 0.4) is 0 Å². The van der Waals surface area contributed by atoms with E-state index in [0.717, 1.165) is 37.6 Å². The maximum atomic E-state index is 12.6. The highest BCUT2D eigenvalue weighted by Crippen LogP contribution is 2.26. The molecule has 3 aromatic rings. The number of carbonyl (C=O) groups excluding carboxylic acids is 2. The van der Waals surface area contributed by atoms with Gasteiger partial charge in [0.1, 0.15) is 0 Å². The van der Waals surface area contributed by atoms with Gasteiger partial charge in [0.15, 0.2) is 0 Å². The normalized spacial score (nSPS) is 13.8. The third-order valence-electron chi connectivity index (χ3n) is 5.84. The smallest absolute Gasteiger partial charge is 0.251 e. The van der Waals surface area contributed by atoms with Crippen LogP contribution in [0, 0.1) is 6.92 Å². The van der Waals surface area contributed by atoms with Crippen LogP contribution in [-0.4, -0.2) is 54.5 Å². The molecule has 0 unspecified atom stereocenters. The Bertz CT molecular complexity index is 1090. The molecule has 32 heavy (non-hydrogen) atoms. The minimum Gasteiger partial charge on any atom is -0.368 e. The van der Waals surface area contributed by atoms with E-state index in [9.17, 15) is 9.59 Å². The molecule has 0 aliphatic carbocycles. The molecule has 1 aromatic heterocycles. The Balaban J connectivity index is 1.42. The summed E-state index contributed by atoms with van der Waals surface area (Å²) in [4.78, 5) is 36.2. The number of aromatic nitrogens is 2. The fourth-order valence-electron chi connectivity index (χ4n) is 4.09. The van der Waals surface area contributed by atoms with Crippen molar-refractivity contribution in [2.24, 2.45) is 5.73 Å². The summed E-state index contributed by atoms with van der Waals surface area (Å²) in [5, 5.41) is 2.87. The molecule has 1 fully saturated rings. The van der Waals surface area contributed by atoms with Crippen molar-refractivity contribution in [2.75, 3.05) is 42.5 Å². The van der Waals surface area contributed by atoms with E-state index in [1.165, 1.54) is 11.3 Å². The molecule has 0 radical (unpaired) electrons. The number of hydrogen-bond donors (Lipinski definition) is 3. The summed E-state index contributed by atoms with van der Waals surface area (Å²) in [6.45, 7) is 5.81. The lowest BCUT2D eigenvalue weighted by Crippen LogP contribution is -2.47. The van der Waals surface area contributed by atoms with E-state index in [2.05, 4.69) is 50.2 Å². The van der Waals surface area contributed by atoms with E-state index in [-0.39, 0.29) is 5.91 Å². The van der Waals surface area contributed by atoms with Crippen LogP contribution in [0.5, 0.6) is 0 Å². The number of nitrogens with two attached hydrogens (primary N) is 1. The zero-order valence-corrected chi connectivity index (χ0v) is 18.2. The van der Waals surface area contributed by atoms with Gasteiger partial charge in [0.25, 0.3) is 11.8 Å². The Labute approximate surface area is 187 Å². The van der Waals surface area contributed by atoms with Crippen LogP contribution in [0.2, 0.25) is 0 Å². The standard InChI is InChI=1S/C24H28N6O2/c1-17-4-2-3-5-21(17)29-10-12-30(13-11-29)22-7-6-18(14-20(22)23(25)31)24(32)27-9-8-19-15-26-16-28-19/h2-7,14-16H,8-13H2,1H3,(H2,25,31)(H,26,28)(H,27,32). The molecular formula is C24H28N6O2. The van der Waals surface area contributed by atoms with Gasteiger partial charge in [0, 0.05) is 68.0 Å². The number of primary amides is 1. The molecule has 1 saturated heterocycles. The largest absolute Gasteiger partial charge is 0.368 e. The van der Waals surface area contributed by atoms with E-state index in [0.29, 0.717) is 24.1 Å². The topological polar surface area (TPSA) is 107 Å². The fourth-order valence-corrected chi connectivity index (χ4v) is 4.09. The van der Waals surface area contributed by atoms with E-state index in [1.54, 1.807) is 24.7 Å². The zero-order valence-electron chi connectivity index (χ0n) is 18.2. The molecule has 0 bridgehead atoms. The summed E-state index contributed by atoms with van der Waals surface area (Å²) >= 11 is 0. The molecule has 4 N–H and O–H groups in total. The summed E-state index contributed by atoms with van der Waals surface area (Å²) in [5.74, 6) is -0.767. The predicted octanol–water partition coefficient (Wildman–Crippen LogP) is 2.12. The number of anilines is 2. The van der Waals surface area contributed by atoms with Crippen LogP contribution in [0.1, 0.15) is 32.0 Å². The van der Waals surface area contributed by atoms with Crippen molar-refractivity contribution < 1.29 is 9.59 Å². The SMILES string of the molecule is Cc1ccccc1N1CCN(c2ccc(C(=O)NCCc3cnc[nH]3)cc2C(N)=O)CC1. The minimum atomic E-state index is -0.534. The average Bonchev–Trinajstić information content (AvgIpc) is 3.33. The summed E-state index contributed by atoms with van der Waals surface area (Å²) in [6.07, 6.45) is 3.98. The summed E-state index contributed by atoms with van der Waals surface area (Å²) < 4.78 is 0. The Morgan fingerprint density at radius 2 is 1.78 bits per heavy atom. The quantitative estimate of drug-likeness (QED) is 0.530. The van der Waals surface area contributed by atoms with Gasteiger partial charge in [-0.25, -0.2) is 4.98 Å². The van der Waals surface area contributed by atoms with Crippen molar-refractivity contribution in [3.05, 3.63) is 77.4 Å². The van der Waals surface area contributed by atoms with E-state index < -0.39 is 5.91 Å². The second kappa shape index (κ2) is 9.55. The Morgan fingerprint density at radius 1 is 1.06 bits per heavy atom. The first kappa shape index (κ1) is 21.4. The predicted molar refractivity (Wildman–Crippen MR) is 125 cm³/mol. The van der Waals surface area contributed by atoms with Gasteiger partial charge >= 0.3 is 0 Å². The van der Waals surface area contributed by atoms with Gasteiger partial charge in [-0.2, -0.15) is 0 Å². The van der Waals surface area contributed by atoms with Gasteiger partial charge in [-0.15, -0.1) is 0 Å². The van der Waals surface area contributed by atoms with Crippen molar-refractivity contribution in [3.8, 4) is 0 Å². The maximum Gasteiger partial charge on any atom is 0.251 e. The number of aromatic amines is 1. The molecule has 8 heteroatoms. The molecule has 2 amide bonds. The second-order valence-corrected chi connectivity index (χ2v) is 7.94. The third-order valence-corrected chi connectivity index (χ3v) is 5.84. The van der Waals surface area contributed by atoms with Crippen molar-refractivity contribution in [1.29, 1.82) is 0 Å². The number of imidazole rings is 1. The maximum absolute atomic E-state index is 12.6. The number of piperazine rings is 1. The van der Waals surface area contributed by atoms with E-state index >= 15 is 0 Å². The monoisotopic (exact) mass is 432 g/mol. The molecule has 4 rings (SSSR count). The molecule has 0 atom stereocenters. The molecule has 2 heterocycles. The number of para-hydroxylation sites is 1.